The maximum atomic E-state index is 12.4. The number of hydrogen-bond donors (Lipinski definition) is 5. The number of carbonyl (C=O) groups is 8. The van der Waals surface area contributed by atoms with Crippen LogP contribution in [0.4, 0.5) is 5.82 Å². The van der Waals surface area contributed by atoms with E-state index in [0.717, 1.165) is 72.6 Å². The number of methoxy groups -OCH3 is 1. The first-order chi connectivity index (χ1) is 62.3. The van der Waals surface area contributed by atoms with Gasteiger partial charge in [0.15, 0.2) is 34.5 Å². The third kappa shape index (κ3) is 50.8. The Kier molecular flexibility index (Phi) is 71.0. The van der Waals surface area contributed by atoms with Crippen LogP contribution in [0.3, 0.4) is 0 Å². The molecule has 0 saturated carbocycles. The van der Waals surface area contributed by atoms with Crippen LogP contribution in [-0.4, -0.2) is 157 Å². The van der Waals surface area contributed by atoms with E-state index in [1.54, 1.807) is 168 Å². The Morgan fingerprint density at radius 3 is 0.979 bits per heavy atom. The molecule has 0 unspecified atom stereocenters. The molecule has 7 N–H and O–H groups in total. The molecule has 0 aliphatic rings. The second-order valence-corrected chi connectivity index (χ2v) is 41.5. The second-order valence-electron chi connectivity index (χ2n) is 28.8. The summed E-state index contributed by atoms with van der Waals surface area (Å²) in [7, 11) is -0.575. The normalized spacial score (nSPS) is 9.67. The van der Waals surface area contributed by atoms with Crippen LogP contribution in [0.1, 0.15) is 260 Å². The van der Waals surface area contributed by atoms with Crippen molar-refractivity contribution < 1.29 is 109 Å². The second kappa shape index (κ2) is 71.4. The number of thiazole rings is 5. The van der Waals surface area contributed by atoms with Crippen molar-refractivity contribution in [2.24, 2.45) is 11.5 Å². The van der Waals surface area contributed by atoms with Crippen LogP contribution in [0.25, 0.3) is 4.85 Å². The number of ether oxygens (including phenoxy) is 1. The molecular formula is C94H123Cl7KN21O12S5Si. The maximum Gasteiger partial charge on any atom is 1.00 e. The minimum absolute atomic E-state index is 0. The van der Waals surface area contributed by atoms with Crippen LogP contribution in [-0.2, 0) is 50.1 Å². The zero-order valence-corrected chi connectivity index (χ0v) is 90.6. The molecule has 47 heteroatoms. The van der Waals surface area contributed by atoms with Gasteiger partial charge in [0.25, 0.3) is 11.7 Å². The van der Waals surface area contributed by atoms with Crippen molar-refractivity contribution in [3.63, 3.8) is 0 Å². The molecule has 0 radical (unpaired) electrons. The fraction of sp³-hybridized carbons (Fsp3) is 0.362. The van der Waals surface area contributed by atoms with Gasteiger partial charge in [-0.3, -0.25) is 38.9 Å². The van der Waals surface area contributed by atoms with Crippen LogP contribution in [0, 0.1) is 96.6 Å². The predicted octanol–water partition coefficient (Wildman–Crippen LogP) is 19.5. The van der Waals surface area contributed by atoms with Crippen LogP contribution in [0.5, 0.6) is 0 Å². The Bertz CT molecular complexity index is 6200. The van der Waals surface area contributed by atoms with Crippen molar-refractivity contribution in [1.29, 1.82) is 0 Å². The zero-order chi connectivity index (χ0) is 98.2. The third-order valence-corrected chi connectivity index (χ3v) is 23.9. The Morgan fingerprint density at radius 1 is 0.404 bits per heavy atom. The number of aromatic nitrogens is 17. The number of nitrogens with one attached hydrogen (secondary N) is 1. The quantitative estimate of drug-likeness (QED) is 0.0162. The summed E-state index contributed by atoms with van der Waals surface area (Å²) in [4.78, 5) is 180. The molecule has 0 saturated heterocycles. The summed E-state index contributed by atoms with van der Waals surface area (Å²) in [6.07, 6.45) is 21.5. The van der Waals surface area contributed by atoms with Gasteiger partial charge in [0.2, 0.25) is 0 Å². The number of ketones is 4. The van der Waals surface area contributed by atoms with E-state index in [1.807, 2.05) is 60.1 Å². The van der Waals surface area contributed by atoms with Gasteiger partial charge in [-0.25, -0.2) is 79.2 Å². The van der Waals surface area contributed by atoms with Crippen molar-refractivity contribution in [2.45, 2.75) is 225 Å². The van der Waals surface area contributed by atoms with Crippen molar-refractivity contribution in [2.75, 3.05) is 7.11 Å². The van der Waals surface area contributed by atoms with E-state index in [-0.39, 0.29) is 184 Å². The van der Waals surface area contributed by atoms with Gasteiger partial charge >= 0.3 is 69.3 Å². The molecule has 0 aliphatic carbocycles. The van der Waals surface area contributed by atoms with E-state index in [9.17, 15) is 43.2 Å². The van der Waals surface area contributed by atoms with Crippen LogP contribution in [0.2, 0.25) is 45.1 Å². The predicted molar refractivity (Wildman–Crippen MR) is 570 cm³/mol. The van der Waals surface area contributed by atoms with E-state index < -0.39 is 26.2 Å². The van der Waals surface area contributed by atoms with Crippen LogP contribution in [0.15, 0.2) is 105 Å². The molecule has 1 amide bonds. The van der Waals surface area contributed by atoms with Gasteiger partial charge in [-0.05, 0) is 151 Å². The molecule has 0 spiro atoms. The zero-order valence-electron chi connectivity index (χ0n) is 77.0. The Hall–Kier alpha value is -9.12. The number of nitrogens with two attached hydrogens (primary N) is 2. The number of benzene rings is 2. The minimum atomic E-state index is -1.86. The summed E-state index contributed by atoms with van der Waals surface area (Å²) < 4.78 is 4.45. The van der Waals surface area contributed by atoms with Crippen LogP contribution >= 0.6 is 140 Å². The number of amides is 1. The average molecular weight is 2210 g/mol. The smallest absolute Gasteiger partial charge is 0.859 e. The minimum Gasteiger partial charge on any atom is -0.859 e. The summed E-state index contributed by atoms with van der Waals surface area (Å²) in [5.41, 5.74) is 19.2. The summed E-state index contributed by atoms with van der Waals surface area (Å²) in [5, 5.41) is 26.9. The third-order valence-electron chi connectivity index (χ3n) is 17.1. The van der Waals surface area contributed by atoms with E-state index >= 15 is 0 Å². The number of rotatable bonds is 24. The topological polar surface area (TPSA) is 497 Å². The van der Waals surface area contributed by atoms with Gasteiger partial charge in [-0.2, -0.15) is 0 Å². The summed E-state index contributed by atoms with van der Waals surface area (Å²) in [5.74, 6) is -2.67. The molecule has 13 rings (SSSR count). The fourth-order valence-corrected chi connectivity index (χ4v) is 14.7. The van der Waals surface area contributed by atoms with E-state index in [4.69, 9.17) is 86.3 Å². The fourth-order valence-electron chi connectivity index (χ4n) is 10.2. The molecule has 11 aromatic heterocycles. The van der Waals surface area contributed by atoms with Gasteiger partial charge in [0.1, 0.15) is 44.4 Å². The summed E-state index contributed by atoms with van der Waals surface area (Å²) >= 11 is 36.7. The molecule has 11 heterocycles. The van der Waals surface area contributed by atoms with Gasteiger partial charge in [-0.15, -0.1) is 86.5 Å². The standard InChI is InChI=1S/C21H21ClN4O2S.C13H12N4OS.C13H16N4OS.C12H12ClN3OS.C8H7ClO2.C7H7ClN2O2.C6H5ClN2O2.C5H8N2S.C3H9OSi.6CH4.2ClH.K/c1-12-16(5-4-6-17(12)22)21(28)25-10-18-13(2)26-19(11-24-18)20(27)8-7-15-9-23-14(3)29-15;1-8-13(14-3)16-7-11(17-8)12(18)5-4-10-6-15-9(2)19-10;1-8-11(5-14)16-7-12(17-8)13(18)4-3-10-6-15-9(2)19-10;1-7-12(13)15-6-10(16-7)11(17)4-3-9-5-14-8(2)18-9;1-5-6(8(10)11)3-2-4-7(5)9;1-4-6(8)9-3-5(10-4)7(11)12-2;1-3-5(7)8-2-4(9-3)6(10)11;1-4-7-3-5(2-6)8-4;1-5(2,3)4;;;;;;;;;/h4-6,9,11H,7-8,10H2,1-3H3,(H,25,28);6-7H,4-5H2,1-2H3;6-7H,3-5,14H2,1-2H3;5-6H,3-4H2,1-2H3;2-4H,1H3,(H,10,11);3H,1-2H3;2H,1H3,(H,10,11);3H,2,6H2,1H3;1-3H3;6*1H4;2*1H;/q;;;;;;;;-1;;;;;;;;;+1. The van der Waals surface area contributed by atoms with Crippen molar-refractivity contribution in [1.82, 2.24) is 90.0 Å². The molecule has 2 aromatic carbocycles. The number of hydrogen-bond acceptors (Lipinski definition) is 34. The number of aromatic carboxylic acids is 2. The number of carboxylic acid groups (broad SMARTS) is 2. The average Bonchev–Trinajstić information content (AvgIpc) is 1.74. The summed E-state index contributed by atoms with van der Waals surface area (Å²) in [6, 6.07) is 10.0. The maximum absolute atomic E-state index is 12.4. The molecule has 760 valence electrons. The number of halogens is 7. The monoisotopic (exact) mass is 2210 g/mol. The van der Waals surface area contributed by atoms with Crippen molar-refractivity contribution in [3.05, 3.63) is 293 Å². The van der Waals surface area contributed by atoms with Crippen molar-refractivity contribution in [3.8, 4) is 0 Å². The van der Waals surface area contributed by atoms with E-state index in [1.165, 1.54) is 44.2 Å². The van der Waals surface area contributed by atoms with Crippen LogP contribution < -0.4 is 73.0 Å². The first-order valence-corrected chi connectivity index (χ1v) is 49.2. The van der Waals surface area contributed by atoms with E-state index in [0.29, 0.717) is 153 Å². The van der Waals surface area contributed by atoms with E-state index in [2.05, 4.69) is 99.6 Å². The first kappa shape index (κ1) is 140. The summed E-state index contributed by atoms with van der Waals surface area (Å²) in [6.45, 7) is 36.9. The number of Topliss-reactive ketones (excluding diaryl/α,β-unsaturated/α-hetero) is 4. The molecule has 0 aliphatic heterocycles. The Morgan fingerprint density at radius 2 is 0.695 bits per heavy atom. The number of aryl methyl sites for hydroxylation is 15. The van der Waals surface area contributed by atoms with Gasteiger partial charge in [0.05, 0.1) is 121 Å². The number of carboxylic acids is 2. The SMILES string of the molecule is C.C.C.C.C.C.COC(=O)c1cnc(Cl)c(C)n1.C[Si](C)(C)[O-].Cc1c(Cl)cccc1C(=O)O.Cc1nc(C(=O)O)cnc1Cl.Cc1ncc(CCC(=O)c2cnc(CN)c(C)n2)s1.Cc1ncc(CCC(=O)c2cnc(CNC(=O)c3cccc(Cl)c3C)c(C)n2)s1.Cc1ncc(CCC(=O)c2cnc(Cl)c(C)n2)s1.Cc1ncc(CN)s1.Cl.Cl.[C-]#[N+]c1ncc(C(=O)CCc2cnc(C)s2)nc1C.[K+]. The van der Waals surface area contributed by atoms with Gasteiger partial charge in [0, 0.05) is 110 Å². The number of nitrogens with zero attached hydrogens (tertiary/aromatic N) is 18. The Labute approximate surface area is 927 Å². The molecule has 0 bridgehead atoms. The Balaban J connectivity index is -0.000000504. The molecular weight excluding hydrogens is 2090 g/mol. The van der Waals surface area contributed by atoms with Crippen molar-refractivity contribution >= 4 is 201 Å². The molecule has 13 aromatic rings. The number of carbonyl (C=O) groups excluding carboxylic acids is 6. The van der Waals surface area contributed by atoms with Gasteiger partial charge < -0.3 is 41.4 Å². The number of esters is 1. The first-order valence-electron chi connectivity index (χ1n) is 39.8. The molecule has 0 fully saturated rings. The molecule has 0 atom stereocenters. The largest absolute Gasteiger partial charge is 1.00 e. The van der Waals surface area contributed by atoms with Gasteiger partial charge in [-0.1, -0.05) is 149 Å². The molecule has 33 nitrogen and oxygen atoms in total. The molecule has 141 heavy (non-hydrogen) atoms.